The van der Waals surface area contributed by atoms with E-state index in [2.05, 4.69) is 25.7 Å². The SMILES string of the molecule is CCc1noc(CSc2nnnn2Cc2ccco2)n1. The molecule has 0 aromatic carbocycles. The maximum atomic E-state index is 5.28. The highest BCUT2D eigenvalue weighted by molar-refractivity contribution is 7.98. The summed E-state index contributed by atoms with van der Waals surface area (Å²) in [5, 5.41) is 16.1. The molecule has 0 spiro atoms. The van der Waals surface area contributed by atoms with E-state index in [1.807, 2.05) is 19.1 Å². The highest BCUT2D eigenvalue weighted by atomic mass is 32.2. The molecule has 3 rings (SSSR count). The van der Waals surface area contributed by atoms with E-state index >= 15 is 0 Å². The predicted molar refractivity (Wildman–Crippen MR) is 68.9 cm³/mol. The molecule has 3 heterocycles. The Hall–Kier alpha value is -2.16. The van der Waals surface area contributed by atoms with Crippen LogP contribution in [0, 0.1) is 0 Å². The van der Waals surface area contributed by atoms with Crippen molar-refractivity contribution in [3.8, 4) is 0 Å². The first-order chi connectivity index (χ1) is 9.85. The number of tetrazole rings is 1. The first-order valence-electron chi connectivity index (χ1n) is 6.08. The van der Waals surface area contributed by atoms with Crippen LogP contribution in [-0.4, -0.2) is 30.3 Å². The summed E-state index contributed by atoms with van der Waals surface area (Å²) in [4.78, 5) is 4.24. The Morgan fingerprint density at radius 1 is 1.40 bits per heavy atom. The number of aromatic nitrogens is 6. The van der Waals surface area contributed by atoms with Crippen molar-refractivity contribution in [1.29, 1.82) is 0 Å². The standard InChI is InChI=1S/C11H12N6O2S/c1-2-9-12-10(19-14-9)7-20-11-13-15-16-17(11)6-8-4-3-5-18-8/h3-5H,2,6-7H2,1H3. The zero-order valence-electron chi connectivity index (χ0n) is 10.8. The van der Waals surface area contributed by atoms with Crippen molar-refractivity contribution >= 4 is 11.8 Å². The van der Waals surface area contributed by atoms with Gasteiger partial charge in [0.25, 0.3) is 0 Å². The zero-order valence-corrected chi connectivity index (χ0v) is 11.6. The smallest absolute Gasteiger partial charge is 0.237 e. The van der Waals surface area contributed by atoms with Gasteiger partial charge in [0.2, 0.25) is 11.0 Å². The number of thioether (sulfide) groups is 1. The summed E-state index contributed by atoms with van der Waals surface area (Å²) < 4.78 is 12.1. The molecule has 8 nitrogen and oxygen atoms in total. The van der Waals surface area contributed by atoms with Crippen molar-refractivity contribution in [1.82, 2.24) is 30.3 Å². The second kappa shape index (κ2) is 5.87. The van der Waals surface area contributed by atoms with Gasteiger partial charge < -0.3 is 8.94 Å². The fourth-order valence-electron chi connectivity index (χ4n) is 1.57. The van der Waals surface area contributed by atoms with E-state index in [0.717, 1.165) is 12.2 Å². The summed E-state index contributed by atoms with van der Waals surface area (Å²) in [6.07, 6.45) is 2.38. The molecule has 0 fully saturated rings. The monoisotopic (exact) mass is 292 g/mol. The third kappa shape index (κ3) is 2.87. The molecule has 0 N–H and O–H groups in total. The number of nitrogens with zero attached hydrogens (tertiary/aromatic N) is 6. The van der Waals surface area contributed by atoms with Crippen molar-refractivity contribution in [2.24, 2.45) is 0 Å². The number of furan rings is 1. The van der Waals surface area contributed by atoms with Gasteiger partial charge in [-0.05, 0) is 22.6 Å². The van der Waals surface area contributed by atoms with Crippen molar-refractivity contribution in [3.63, 3.8) is 0 Å². The third-order valence-electron chi connectivity index (χ3n) is 2.54. The first kappa shape index (κ1) is 12.9. The fourth-order valence-corrected chi connectivity index (χ4v) is 2.28. The van der Waals surface area contributed by atoms with Gasteiger partial charge in [-0.25, -0.2) is 4.68 Å². The van der Waals surface area contributed by atoms with Gasteiger partial charge in [0, 0.05) is 6.42 Å². The molecule has 104 valence electrons. The van der Waals surface area contributed by atoms with Crippen LogP contribution in [0.4, 0.5) is 0 Å². The van der Waals surface area contributed by atoms with Gasteiger partial charge in [0.05, 0.1) is 12.0 Å². The minimum absolute atomic E-state index is 0.492. The lowest BCUT2D eigenvalue weighted by Crippen LogP contribution is -2.03. The molecule has 0 aliphatic carbocycles. The summed E-state index contributed by atoms with van der Waals surface area (Å²) in [5.41, 5.74) is 0. The van der Waals surface area contributed by atoms with E-state index in [1.165, 1.54) is 11.8 Å². The average Bonchev–Trinajstić information content (AvgIpc) is 3.19. The molecule has 0 saturated heterocycles. The van der Waals surface area contributed by atoms with Gasteiger partial charge in [-0.2, -0.15) is 4.98 Å². The first-order valence-corrected chi connectivity index (χ1v) is 7.06. The molecule has 9 heteroatoms. The van der Waals surface area contributed by atoms with Crippen LogP contribution >= 0.6 is 11.8 Å². The predicted octanol–water partition coefficient (Wildman–Crippen LogP) is 1.55. The van der Waals surface area contributed by atoms with Crippen molar-refractivity contribution < 1.29 is 8.94 Å². The Morgan fingerprint density at radius 2 is 2.35 bits per heavy atom. The molecule has 0 unspecified atom stereocenters. The van der Waals surface area contributed by atoms with E-state index < -0.39 is 0 Å². The molecule has 0 atom stereocenters. The van der Waals surface area contributed by atoms with Crippen molar-refractivity contribution in [2.45, 2.75) is 30.8 Å². The lowest BCUT2D eigenvalue weighted by molar-refractivity contribution is 0.385. The van der Waals surface area contributed by atoms with Crippen LogP contribution in [0.3, 0.4) is 0 Å². The van der Waals surface area contributed by atoms with E-state index in [9.17, 15) is 0 Å². The number of rotatable bonds is 6. The number of hydrogen-bond acceptors (Lipinski definition) is 8. The quantitative estimate of drug-likeness (QED) is 0.631. The van der Waals surface area contributed by atoms with Gasteiger partial charge in [-0.1, -0.05) is 23.8 Å². The normalized spacial score (nSPS) is 11.1. The lowest BCUT2D eigenvalue weighted by atomic mass is 10.4. The lowest BCUT2D eigenvalue weighted by Gasteiger charge is -2.00. The largest absolute Gasteiger partial charge is 0.467 e. The van der Waals surface area contributed by atoms with Crippen molar-refractivity contribution in [3.05, 3.63) is 35.9 Å². The summed E-state index contributed by atoms with van der Waals surface area (Å²) >= 11 is 1.44. The third-order valence-corrected chi connectivity index (χ3v) is 3.48. The van der Waals surface area contributed by atoms with Gasteiger partial charge in [-0.3, -0.25) is 0 Å². The van der Waals surface area contributed by atoms with Crippen LogP contribution in [-0.2, 0) is 18.7 Å². The maximum Gasteiger partial charge on any atom is 0.237 e. The Labute approximate surface area is 118 Å². The van der Waals surface area contributed by atoms with Crippen LogP contribution in [0.25, 0.3) is 0 Å². The van der Waals surface area contributed by atoms with Crippen LogP contribution in [0.15, 0.2) is 32.5 Å². The average molecular weight is 292 g/mol. The molecule has 0 saturated carbocycles. The van der Waals surface area contributed by atoms with Crippen LogP contribution in [0.5, 0.6) is 0 Å². The van der Waals surface area contributed by atoms with Gasteiger partial charge in [0.15, 0.2) is 5.82 Å². The summed E-state index contributed by atoms with van der Waals surface area (Å²) in [5.74, 6) is 2.60. The summed E-state index contributed by atoms with van der Waals surface area (Å²) in [6, 6.07) is 3.71. The van der Waals surface area contributed by atoms with E-state index in [0.29, 0.717) is 29.2 Å². The second-order valence-corrected chi connectivity index (χ2v) is 4.89. The zero-order chi connectivity index (χ0) is 13.8. The van der Waals surface area contributed by atoms with E-state index in [4.69, 9.17) is 8.94 Å². The second-order valence-electron chi connectivity index (χ2n) is 3.95. The van der Waals surface area contributed by atoms with Gasteiger partial charge >= 0.3 is 0 Å². The molecule has 3 aromatic rings. The Morgan fingerprint density at radius 3 is 3.10 bits per heavy atom. The number of hydrogen-bond donors (Lipinski definition) is 0. The van der Waals surface area contributed by atoms with Crippen LogP contribution in [0.2, 0.25) is 0 Å². The number of aryl methyl sites for hydroxylation is 1. The maximum absolute atomic E-state index is 5.28. The molecule has 0 bridgehead atoms. The topological polar surface area (TPSA) is 95.7 Å². The summed E-state index contributed by atoms with van der Waals surface area (Å²) in [7, 11) is 0. The molecule has 3 aromatic heterocycles. The molecule has 0 amide bonds. The summed E-state index contributed by atoms with van der Waals surface area (Å²) in [6.45, 7) is 2.47. The Balaban J connectivity index is 1.64. The van der Waals surface area contributed by atoms with Gasteiger partial charge in [-0.15, -0.1) is 5.10 Å². The van der Waals surface area contributed by atoms with Gasteiger partial charge in [0.1, 0.15) is 12.3 Å². The van der Waals surface area contributed by atoms with E-state index in [-0.39, 0.29) is 0 Å². The van der Waals surface area contributed by atoms with Crippen molar-refractivity contribution in [2.75, 3.05) is 0 Å². The highest BCUT2D eigenvalue weighted by Crippen LogP contribution is 2.19. The van der Waals surface area contributed by atoms with Crippen LogP contribution in [0.1, 0.15) is 24.4 Å². The highest BCUT2D eigenvalue weighted by Gasteiger charge is 2.11. The molecular formula is C11H12N6O2S. The minimum Gasteiger partial charge on any atom is -0.467 e. The molecular weight excluding hydrogens is 280 g/mol. The Kier molecular flexibility index (Phi) is 3.77. The molecule has 20 heavy (non-hydrogen) atoms. The van der Waals surface area contributed by atoms with E-state index in [1.54, 1.807) is 10.9 Å². The molecule has 0 aliphatic heterocycles. The minimum atomic E-state index is 0.492. The molecule has 0 radical (unpaired) electrons. The fraction of sp³-hybridized carbons (Fsp3) is 0.364. The Bertz CT molecular complexity index is 662. The molecule has 0 aliphatic rings. The van der Waals surface area contributed by atoms with Crippen LogP contribution < -0.4 is 0 Å².